The lowest BCUT2D eigenvalue weighted by atomic mass is 10.3. The summed E-state index contributed by atoms with van der Waals surface area (Å²) in [7, 11) is -3.97. The number of carbonyl (C=O) groups excluding carboxylic acids is 1. The molecule has 0 fully saturated rings. The maximum atomic E-state index is 12.6. The summed E-state index contributed by atoms with van der Waals surface area (Å²) >= 11 is 0.887. The number of nitrogens with one attached hydrogen (secondary N) is 1. The van der Waals surface area contributed by atoms with Crippen LogP contribution in [0.25, 0.3) is 10.1 Å². The zero-order chi connectivity index (χ0) is 16.6. The Bertz CT molecular complexity index is 1050. The minimum atomic E-state index is -3.97. The van der Waals surface area contributed by atoms with E-state index in [4.69, 9.17) is 0 Å². The predicted molar refractivity (Wildman–Crippen MR) is 89.4 cm³/mol. The number of anilines is 1. The predicted octanol–water partition coefficient (Wildman–Crippen LogP) is 2.26. The van der Waals surface area contributed by atoms with Crippen LogP contribution in [0.3, 0.4) is 0 Å². The topological polar surface area (TPSA) is 85.2 Å². The van der Waals surface area contributed by atoms with E-state index in [0.29, 0.717) is 15.8 Å². The van der Waals surface area contributed by atoms with E-state index in [1.54, 1.807) is 24.3 Å². The molecular formula is C15H12N2O4S2. The summed E-state index contributed by atoms with van der Waals surface area (Å²) in [4.78, 5) is 23.3. The van der Waals surface area contributed by atoms with Gasteiger partial charge in [-0.25, -0.2) is 0 Å². The first kappa shape index (κ1) is 15.4. The van der Waals surface area contributed by atoms with Crippen LogP contribution in [-0.2, 0) is 14.8 Å². The highest BCUT2D eigenvalue weighted by Gasteiger charge is 2.22. The van der Waals surface area contributed by atoms with Crippen molar-refractivity contribution in [3.8, 4) is 0 Å². The van der Waals surface area contributed by atoms with Crippen LogP contribution < -0.4 is 10.9 Å². The van der Waals surface area contributed by atoms with Gasteiger partial charge in [-0.2, -0.15) is 8.42 Å². The highest BCUT2D eigenvalue weighted by Crippen LogP contribution is 2.22. The molecule has 0 saturated carbocycles. The molecule has 1 N–H and O–H groups in total. The molecule has 0 radical (unpaired) electrons. The lowest BCUT2D eigenvalue weighted by Crippen LogP contribution is -2.22. The molecule has 0 unspecified atom stereocenters. The quantitative estimate of drug-likeness (QED) is 0.787. The molecule has 0 atom stereocenters. The number of hydrogen-bond donors (Lipinski definition) is 1. The smallest absolute Gasteiger partial charge is 0.282 e. The van der Waals surface area contributed by atoms with E-state index < -0.39 is 15.6 Å². The monoisotopic (exact) mass is 348 g/mol. The lowest BCUT2D eigenvalue weighted by molar-refractivity contribution is -0.114. The largest absolute Gasteiger partial charge is 0.326 e. The molecule has 23 heavy (non-hydrogen) atoms. The number of amides is 1. The number of fused-ring (bicyclic) bond motifs is 1. The van der Waals surface area contributed by atoms with E-state index in [2.05, 4.69) is 5.32 Å². The molecule has 3 aromatic rings. The fourth-order valence-corrected chi connectivity index (χ4v) is 4.75. The van der Waals surface area contributed by atoms with Crippen LogP contribution in [0.5, 0.6) is 0 Å². The SMILES string of the molecule is CC(=O)Nc1ccc(S(=O)(=O)n2sc3ccccc3c2=O)cc1. The van der Waals surface area contributed by atoms with Crippen LogP contribution >= 0.6 is 11.5 Å². The van der Waals surface area contributed by atoms with E-state index in [1.165, 1.54) is 31.2 Å². The Morgan fingerprint density at radius 1 is 1.09 bits per heavy atom. The molecule has 118 valence electrons. The van der Waals surface area contributed by atoms with Gasteiger partial charge < -0.3 is 5.32 Å². The van der Waals surface area contributed by atoms with Gasteiger partial charge in [-0.1, -0.05) is 12.1 Å². The van der Waals surface area contributed by atoms with Gasteiger partial charge in [0.05, 0.1) is 15.0 Å². The number of hydrogen-bond acceptors (Lipinski definition) is 5. The van der Waals surface area contributed by atoms with Crippen molar-refractivity contribution < 1.29 is 13.2 Å². The maximum Gasteiger partial charge on any atom is 0.282 e. The first-order valence-corrected chi connectivity index (χ1v) is 8.85. The summed E-state index contributed by atoms with van der Waals surface area (Å²) in [6.45, 7) is 1.36. The fourth-order valence-electron chi connectivity index (χ4n) is 2.12. The standard InChI is InChI=1S/C15H12N2O4S2/c1-10(18)16-11-6-8-12(9-7-11)23(20,21)17-15(19)13-4-2-3-5-14(13)22-17/h2-9H,1H3,(H,16,18). The van der Waals surface area contributed by atoms with Crippen LogP contribution in [0.1, 0.15) is 6.92 Å². The second-order valence-corrected chi connectivity index (χ2v) is 7.84. The van der Waals surface area contributed by atoms with Gasteiger partial charge in [0.25, 0.3) is 15.6 Å². The van der Waals surface area contributed by atoms with E-state index in [1.807, 2.05) is 0 Å². The zero-order valence-corrected chi connectivity index (χ0v) is 13.6. The number of benzene rings is 2. The van der Waals surface area contributed by atoms with E-state index in [-0.39, 0.29) is 10.8 Å². The lowest BCUT2D eigenvalue weighted by Gasteiger charge is -2.05. The molecule has 8 heteroatoms. The van der Waals surface area contributed by atoms with Crippen molar-refractivity contribution >= 4 is 43.2 Å². The average Bonchev–Trinajstić information content (AvgIpc) is 2.86. The molecular weight excluding hydrogens is 336 g/mol. The van der Waals surface area contributed by atoms with Crippen molar-refractivity contribution in [2.75, 3.05) is 5.32 Å². The Balaban J connectivity index is 2.08. The Morgan fingerprint density at radius 3 is 2.35 bits per heavy atom. The summed E-state index contributed by atoms with van der Waals surface area (Å²) in [6.07, 6.45) is 0. The number of nitrogens with zero attached hydrogens (tertiary/aromatic N) is 1. The Labute approximate surface area is 136 Å². The summed E-state index contributed by atoms with van der Waals surface area (Å²) in [5, 5.41) is 2.93. The van der Waals surface area contributed by atoms with Gasteiger partial charge in [0, 0.05) is 12.6 Å². The molecule has 0 aliphatic heterocycles. The average molecular weight is 348 g/mol. The summed E-state index contributed by atoms with van der Waals surface area (Å²) in [6, 6.07) is 12.4. The summed E-state index contributed by atoms with van der Waals surface area (Å²) in [5.74, 6) is -0.249. The van der Waals surface area contributed by atoms with Gasteiger partial charge in [0.1, 0.15) is 0 Å². The van der Waals surface area contributed by atoms with Crippen molar-refractivity contribution in [1.29, 1.82) is 0 Å². The van der Waals surface area contributed by atoms with Gasteiger partial charge in [-0.3, -0.25) is 9.59 Å². The van der Waals surface area contributed by atoms with Crippen LogP contribution in [-0.4, -0.2) is 17.7 Å². The third-order valence-corrected chi connectivity index (χ3v) is 6.32. The molecule has 0 aliphatic rings. The molecule has 3 rings (SSSR count). The summed E-state index contributed by atoms with van der Waals surface area (Å²) in [5.41, 5.74) is -0.0725. The second-order valence-electron chi connectivity index (χ2n) is 4.83. The molecule has 0 bridgehead atoms. The van der Waals surface area contributed by atoms with Crippen molar-refractivity contribution in [2.24, 2.45) is 0 Å². The van der Waals surface area contributed by atoms with Crippen LogP contribution in [0.2, 0.25) is 0 Å². The van der Waals surface area contributed by atoms with Gasteiger partial charge in [0.2, 0.25) is 5.91 Å². The van der Waals surface area contributed by atoms with Gasteiger partial charge in [-0.05, 0) is 47.9 Å². The normalized spacial score (nSPS) is 11.5. The van der Waals surface area contributed by atoms with Crippen LogP contribution in [0.15, 0.2) is 58.2 Å². The minimum absolute atomic E-state index is 0.0136. The van der Waals surface area contributed by atoms with Crippen molar-refractivity contribution in [2.45, 2.75) is 11.8 Å². The van der Waals surface area contributed by atoms with E-state index in [9.17, 15) is 18.0 Å². The number of carbonyl (C=O) groups is 1. The first-order valence-electron chi connectivity index (χ1n) is 6.64. The van der Waals surface area contributed by atoms with E-state index in [0.717, 1.165) is 14.9 Å². The Morgan fingerprint density at radius 2 is 1.74 bits per heavy atom. The molecule has 1 amide bonds. The molecule has 6 nitrogen and oxygen atoms in total. The van der Waals surface area contributed by atoms with E-state index >= 15 is 0 Å². The zero-order valence-electron chi connectivity index (χ0n) is 12.0. The van der Waals surface area contributed by atoms with Gasteiger partial charge >= 0.3 is 0 Å². The maximum absolute atomic E-state index is 12.6. The first-order chi connectivity index (χ1) is 10.9. The highest BCUT2D eigenvalue weighted by atomic mass is 32.3. The van der Waals surface area contributed by atoms with Crippen molar-refractivity contribution in [3.63, 3.8) is 0 Å². The molecule has 2 aromatic carbocycles. The number of aromatic nitrogens is 1. The molecule has 0 aliphatic carbocycles. The van der Waals surface area contributed by atoms with Crippen molar-refractivity contribution in [3.05, 3.63) is 58.9 Å². The fraction of sp³-hybridized carbons (Fsp3) is 0.0667. The second kappa shape index (κ2) is 5.64. The van der Waals surface area contributed by atoms with Gasteiger partial charge in [0.15, 0.2) is 0 Å². The molecule has 1 heterocycles. The van der Waals surface area contributed by atoms with Gasteiger partial charge in [-0.15, -0.1) is 3.36 Å². The highest BCUT2D eigenvalue weighted by molar-refractivity contribution is 7.91. The Kier molecular flexibility index (Phi) is 3.78. The third-order valence-electron chi connectivity index (χ3n) is 3.16. The van der Waals surface area contributed by atoms with Crippen LogP contribution in [0.4, 0.5) is 5.69 Å². The Hall–Kier alpha value is -2.45. The molecule has 0 spiro atoms. The molecule has 0 saturated heterocycles. The molecule has 1 aromatic heterocycles. The minimum Gasteiger partial charge on any atom is -0.326 e. The third kappa shape index (κ3) is 2.78. The van der Waals surface area contributed by atoms with Crippen LogP contribution in [0, 0.1) is 0 Å². The van der Waals surface area contributed by atoms with Crippen molar-refractivity contribution in [1.82, 2.24) is 3.36 Å². The summed E-state index contributed by atoms with van der Waals surface area (Å²) < 4.78 is 26.7. The number of rotatable bonds is 3.